The number of hydrogen-bond acceptors (Lipinski definition) is 4. The second kappa shape index (κ2) is 7.28. The van der Waals surface area contributed by atoms with Crippen LogP contribution < -0.4 is 0 Å². The van der Waals surface area contributed by atoms with E-state index in [2.05, 4.69) is 57.6 Å². The molecule has 0 atom stereocenters. The maximum Gasteiger partial charge on any atom is 0.266 e. The summed E-state index contributed by atoms with van der Waals surface area (Å²) in [6.45, 7) is 6.15. The summed E-state index contributed by atoms with van der Waals surface area (Å²) >= 11 is 6.88. The number of benzene rings is 1. The lowest BCUT2D eigenvalue weighted by Gasteiger charge is -2.11. The number of amides is 1. The zero-order valence-corrected chi connectivity index (χ0v) is 18.7. The van der Waals surface area contributed by atoms with E-state index in [1.165, 1.54) is 17.3 Å². The molecule has 0 saturated carbocycles. The maximum atomic E-state index is 12.5. The first-order valence-corrected chi connectivity index (χ1v) is 10.2. The second-order valence-corrected chi connectivity index (χ2v) is 8.73. The van der Waals surface area contributed by atoms with E-state index in [9.17, 15) is 4.79 Å². The summed E-state index contributed by atoms with van der Waals surface area (Å²) in [6.07, 6.45) is 1.76. The summed E-state index contributed by atoms with van der Waals surface area (Å²) in [4.78, 5) is 19.5. The van der Waals surface area contributed by atoms with E-state index in [0.29, 0.717) is 15.8 Å². The van der Waals surface area contributed by atoms with Gasteiger partial charge < -0.3 is 4.42 Å². The Morgan fingerprint density at radius 3 is 2.44 bits per heavy atom. The van der Waals surface area contributed by atoms with E-state index < -0.39 is 0 Å². The van der Waals surface area contributed by atoms with Crippen LogP contribution in [0.15, 0.2) is 37.0 Å². The number of nitrogens with zero attached hydrogens (tertiary/aromatic N) is 2. The highest BCUT2D eigenvalue weighted by molar-refractivity contribution is 14.1. The number of aliphatic imine (C=N–C) groups is 1. The first kappa shape index (κ1) is 18.7. The standard InChI is InChI=1S/C18H16BrIN2O2S/c1-9-5-10(2)15(11(3)6-9)21-18-22(4)17(23)14(25-18)8-12-7-13(19)16(20)24-12/h5-8H,1-4H3/b14-8-,21-18?. The van der Waals surface area contributed by atoms with Crippen molar-refractivity contribution in [2.24, 2.45) is 4.99 Å². The van der Waals surface area contributed by atoms with Gasteiger partial charge in [0.1, 0.15) is 5.76 Å². The average molecular weight is 531 g/mol. The van der Waals surface area contributed by atoms with Gasteiger partial charge in [0.15, 0.2) is 8.93 Å². The topological polar surface area (TPSA) is 45.8 Å². The van der Waals surface area contributed by atoms with Crippen molar-refractivity contribution in [1.29, 1.82) is 0 Å². The number of likely N-dealkylation sites (N-methyl/N-ethyl adjacent to an activating group) is 1. The van der Waals surface area contributed by atoms with E-state index >= 15 is 0 Å². The molecule has 0 spiro atoms. The number of carbonyl (C=O) groups excluding carboxylic acids is 1. The van der Waals surface area contributed by atoms with Crippen molar-refractivity contribution in [3.05, 3.63) is 53.8 Å². The van der Waals surface area contributed by atoms with E-state index in [1.807, 2.05) is 19.9 Å². The summed E-state index contributed by atoms with van der Waals surface area (Å²) in [5, 5.41) is 0.673. The molecule has 25 heavy (non-hydrogen) atoms. The molecule has 1 aliphatic heterocycles. The Morgan fingerprint density at radius 1 is 1.24 bits per heavy atom. The fourth-order valence-electron chi connectivity index (χ4n) is 2.66. The number of amidine groups is 1. The van der Waals surface area contributed by atoms with E-state index in [-0.39, 0.29) is 5.91 Å². The highest BCUT2D eigenvalue weighted by atomic mass is 127. The monoisotopic (exact) mass is 530 g/mol. The number of furan rings is 1. The van der Waals surface area contributed by atoms with Gasteiger partial charge in [-0.2, -0.15) is 0 Å². The van der Waals surface area contributed by atoms with Gasteiger partial charge in [-0.1, -0.05) is 17.7 Å². The Morgan fingerprint density at radius 2 is 1.88 bits per heavy atom. The smallest absolute Gasteiger partial charge is 0.266 e. The van der Waals surface area contributed by atoms with Gasteiger partial charge in [-0.05, 0) is 65.7 Å². The Labute approximate surface area is 173 Å². The maximum absolute atomic E-state index is 12.5. The van der Waals surface area contributed by atoms with E-state index in [4.69, 9.17) is 9.41 Å². The van der Waals surface area contributed by atoms with Crippen LogP contribution in [0.3, 0.4) is 0 Å². The first-order chi connectivity index (χ1) is 11.8. The molecule has 2 heterocycles. The minimum atomic E-state index is -0.0753. The number of carbonyl (C=O) groups is 1. The molecule has 0 aliphatic carbocycles. The molecule has 2 aromatic rings. The molecular formula is C18H16BrIN2O2S. The van der Waals surface area contributed by atoms with Gasteiger partial charge in [0, 0.05) is 35.7 Å². The van der Waals surface area contributed by atoms with E-state index in [1.54, 1.807) is 18.0 Å². The normalized spacial score (nSPS) is 18.0. The highest BCUT2D eigenvalue weighted by Gasteiger charge is 2.31. The average Bonchev–Trinajstić information content (AvgIpc) is 2.97. The molecule has 3 rings (SSSR count). The fraction of sp³-hybridized carbons (Fsp3) is 0.222. The molecule has 1 amide bonds. The SMILES string of the molecule is Cc1cc(C)c(N=C2S/C(=C\c3cc(Br)c(I)o3)C(=O)N2C)c(C)c1. The van der Waals surface area contributed by atoms with Crippen molar-refractivity contribution in [2.75, 3.05) is 7.05 Å². The Hall–Kier alpha value is -1.06. The van der Waals surface area contributed by atoms with Gasteiger partial charge in [0.05, 0.1) is 15.1 Å². The van der Waals surface area contributed by atoms with Crippen LogP contribution in [0, 0.1) is 24.5 Å². The number of aryl methyl sites for hydroxylation is 3. The molecular weight excluding hydrogens is 515 g/mol. The molecule has 4 nitrogen and oxygen atoms in total. The van der Waals surface area contributed by atoms with Gasteiger partial charge in [-0.3, -0.25) is 9.69 Å². The lowest BCUT2D eigenvalue weighted by Crippen LogP contribution is -2.23. The first-order valence-electron chi connectivity index (χ1n) is 7.55. The molecule has 130 valence electrons. The third-order valence-corrected chi connectivity index (χ3v) is 6.98. The van der Waals surface area contributed by atoms with E-state index in [0.717, 1.165) is 25.1 Å². The Bertz CT molecular complexity index is 891. The van der Waals surface area contributed by atoms with Crippen molar-refractivity contribution < 1.29 is 9.21 Å². The largest absolute Gasteiger partial charge is 0.450 e. The lowest BCUT2D eigenvalue weighted by atomic mass is 10.1. The summed E-state index contributed by atoms with van der Waals surface area (Å²) in [5.74, 6) is 0.568. The lowest BCUT2D eigenvalue weighted by molar-refractivity contribution is -0.121. The van der Waals surface area contributed by atoms with Crippen molar-refractivity contribution in [3.8, 4) is 0 Å². The molecule has 0 N–H and O–H groups in total. The van der Waals surface area contributed by atoms with Crippen LogP contribution in [0.1, 0.15) is 22.5 Å². The van der Waals surface area contributed by atoms with Gasteiger partial charge in [0.25, 0.3) is 5.91 Å². The summed E-state index contributed by atoms with van der Waals surface area (Å²) in [5.41, 5.74) is 4.34. The second-order valence-electron chi connectivity index (χ2n) is 5.89. The minimum Gasteiger partial charge on any atom is -0.450 e. The molecule has 0 bridgehead atoms. The zero-order valence-electron chi connectivity index (χ0n) is 14.2. The fourth-order valence-corrected chi connectivity index (χ4v) is 4.33. The quantitative estimate of drug-likeness (QED) is 0.364. The number of thioether (sulfide) groups is 1. The van der Waals surface area contributed by atoms with Gasteiger partial charge >= 0.3 is 0 Å². The summed E-state index contributed by atoms with van der Waals surface area (Å²) in [6, 6.07) is 6.06. The highest BCUT2D eigenvalue weighted by Crippen LogP contribution is 2.36. The molecule has 1 aromatic heterocycles. The van der Waals surface area contributed by atoms with Gasteiger partial charge in [-0.15, -0.1) is 0 Å². The van der Waals surface area contributed by atoms with Crippen molar-refractivity contribution >= 4 is 73.1 Å². The number of hydrogen-bond donors (Lipinski definition) is 0. The third-order valence-electron chi connectivity index (χ3n) is 3.78. The van der Waals surface area contributed by atoms with Crippen LogP contribution in [-0.4, -0.2) is 23.0 Å². The van der Waals surface area contributed by atoms with Crippen molar-refractivity contribution in [2.45, 2.75) is 20.8 Å². The van der Waals surface area contributed by atoms with Crippen LogP contribution in [0.2, 0.25) is 0 Å². The molecule has 1 aromatic carbocycles. The van der Waals surface area contributed by atoms with Crippen LogP contribution in [0.4, 0.5) is 5.69 Å². The van der Waals surface area contributed by atoms with Crippen LogP contribution in [0.25, 0.3) is 6.08 Å². The van der Waals surface area contributed by atoms with Crippen LogP contribution in [0.5, 0.6) is 0 Å². The van der Waals surface area contributed by atoms with Gasteiger partial charge in [0.2, 0.25) is 0 Å². The van der Waals surface area contributed by atoms with Crippen LogP contribution >= 0.6 is 50.3 Å². The molecule has 0 radical (unpaired) electrons. The predicted molar refractivity (Wildman–Crippen MR) is 115 cm³/mol. The molecule has 7 heteroatoms. The van der Waals surface area contributed by atoms with Gasteiger partial charge in [-0.25, -0.2) is 4.99 Å². The molecule has 0 unspecified atom stereocenters. The summed E-state index contributed by atoms with van der Waals surface area (Å²) < 4.78 is 7.24. The molecule has 1 fully saturated rings. The summed E-state index contributed by atoms with van der Waals surface area (Å²) in [7, 11) is 1.75. The number of rotatable bonds is 2. The molecule has 1 aliphatic rings. The Balaban J connectivity index is 1.96. The third kappa shape index (κ3) is 3.88. The Kier molecular flexibility index (Phi) is 5.45. The van der Waals surface area contributed by atoms with Crippen molar-refractivity contribution in [3.63, 3.8) is 0 Å². The molecule has 1 saturated heterocycles. The minimum absolute atomic E-state index is 0.0753. The predicted octanol–water partition coefficient (Wildman–Crippen LogP) is 5.81. The zero-order chi connectivity index (χ0) is 18.3. The van der Waals surface area contributed by atoms with Crippen LogP contribution in [-0.2, 0) is 4.79 Å². The number of halogens is 2. The van der Waals surface area contributed by atoms with Crippen molar-refractivity contribution in [1.82, 2.24) is 4.90 Å².